The first-order valence-electron chi connectivity index (χ1n) is 5.62. The average molecular weight is 276 g/mol. The maximum absolute atomic E-state index is 13.4. The standard InChI is InChI=1S/C12H15F3N2O2/c1-6(2)10(16)11(18)17-7-3-4-9(8(13)5-7)19-12(14)15/h3-6,10,12H,16H2,1-2H3,(H,17,18)/t10-/m0/s1. The molecule has 7 heteroatoms. The number of halogens is 3. The number of carbonyl (C=O) groups is 1. The van der Waals surface area contributed by atoms with Crippen molar-refractivity contribution in [1.29, 1.82) is 0 Å². The van der Waals surface area contributed by atoms with E-state index in [-0.39, 0.29) is 11.6 Å². The molecule has 19 heavy (non-hydrogen) atoms. The minimum absolute atomic E-state index is 0.0775. The van der Waals surface area contributed by atoms with E-state index in [1.807, 2.05) is 0 Å². The van der Waals surface area contributed by atoms with Gasteiger partial charge in [0.2, 0.25) is 5.91 Å². The van der Waals surface area contributed by atoms with E-state index in [0.717, 1.165) is 12.1 Å². The quantitative estimate of drug-likeness (QED) is 0.867. The third kappa shape index (κ3) is 4.44. The van der Waals surface area contributed by atoms with Crippen LogP contribution in [0.25, 0.3) is 0 Å². The molecule has 1 aromatic carbocycles. The van der Waals surface area contributed by atoms with Gasteiger partial charge in [-0.15, -0.1) is 0 Å². The van der Waals surface area contributed by atoms with Gasteiger partial charge in [-0.2, -0.15) is 8.78 Å². The zero-order valence-electron chi connectivity index (χ0n) is 10.5. The number of amides is 1. The van der Waals surface area contributed by atoms with Crippen LogP contribution in [0.5, 0.6) is 5.75 Å². The number of carbonyl (C=O) groups excluding carboxylic acids is 1. The number of rotatable bonds is 5. The highest BCUT2D eigenvalue weighted by Gasteiger charge is 2.18. The summed E-state index contributed by atoms with van der Waals surface area (Å²) in [6, 6.07) is 2.42. The fourth-order valence-corrected chi connectivity index (χ4v) is 1.30. The van der Waals surface area contributed by atoms with Crippen LogP contribution in [0, 0.1) is 11.7 Å². The molecule has 0 aliphatic rings. The highest BCUT2D eigenvalue weighted by Crippen LogP contribution is 2.23. The van der Waals surface area contributed by atoms with Crippen molar-refractivity contribution in [1.82, 2.24) is 0 Å². The Morgan fingerprint density at radius 3 is 2.47 bits per heavy atom. The van der Waals surface area contributed by atoms with Crippen molar-refractivity contribution < 1.29 is 22.7 Å². The molecule has 0 aliphatic carbocycles. The minimum Gasteiger partial charge on any atom is -0.432 e. The van der Waals surface area contributed by atoms with E-state index < -0.39 is 30.1 Å². The summed E-state index contributed by atoms with van der Waals surface area (Å²) in [5, 5.41) is 2.40. The molecule has 0 radical (unpaired) electrons. The number of hydrogen-bond acceptors (Lipinski definition) is 3. The molecule has 1 atom stereocenters. The molecule has 1 rings (SSSR count). The first-order chi connectivity index (χ1) is 8.81. The van der Waals surface area contributed by atoms with Gasteiger partial charge in [-0.1, -0.05) is 13.8 Å². The summed E-state index contributed by atoms with van der Waals surface area (Å²) < 4.78 is 41.2. The number of alkyl halides is 2. The molecule has 1 amide bonds. The fourth-order valence-electron chi connectivity index (χ4n) is 1.30. The summed E-state index contributed by atoms with van der Waals surface area (Å²) in [6.07, 6.45) is 0. The van der Waals surface area contributed by atoms with Gasteiger partial charge in [-0.3, -0.25) is 4.79 Å². The van der Waals surface area contributed by atoms with Gasteiger partial charge in [-0.05, 0) is 18.1 Å². The van der Waals surface area contributed by atoms with E-state index >= 15 is 0 Å². The molecular weight excluding hydrogens is 261 g/mol. The summed E-state index contributed by atoms with van der Waals surface area (Å²) >= 11 is 0. The van der Waals surface area contributed by atoms with Gasteiger partial charge < -0.3 is 15.8 Å². The second-order valence-corrected chi connectivity index (χ2v) is 4.28. The zero-order valence-corrected chi connectivity index (χ0v) is 10.5. The van der Waals surface area contributed by atoms with E-state index in [1.54, 1.807) is 13.8 Å². The Bertz CT molecular complexity index is 453. The van der Waals surface area contributed by atoms with Gasteiger partial charge in [-0.25, -0.2) is 4.39 Å². The molecule has 0 unspecified atom stereocenters. The third-order valence-electron chi connectivity index (χ3n) is 2.44. The van der Waals surface area contributed by atoms with Crippen molar-refractivity contribution >= 4 is 11.6 Å². The van der Waals surface area contributed by atoms with Crippen molar-refractivity contribution in [3.05, 3.63) is 24.0 Å². The van der Waals surface area contributed by atoms with Crippen molar-refractivity contribution in [2.45, 2.75) is 26.5 Å². The Morgan fingerprint density at radius 1 is 1.37 bits per heavy atom. The van der Waals surface area contributed by atoms with Crippen LogP contribution in [0.15, 0.2) is 18.2 Å². The Kier molecular flexibility index (Phi) is 5.17. The van der Waals surface area contributed by atoms with Crippen molar-refractivity contribution in [3.8, 4) is 5.75 Å². The van der Waals surface area contributed by atoms with Crippen LogP contribution < -0.4 is 15.8 Å². The molecule has 0 spiro atoms. The van der Waals surface area contributed by atoms with Gasteiger partial charge in [0.15, 0.2) is 11.6 Å². The van der Waals surface area contributed by atoms with Gasteiger partial charge in [0, 0.05) is 11.8 Å². The summed E-state index contributed by atoms with van der Waals surface area (Å²) in [6.45, 7) is 0.429. The van der Waals surface area contributed by atoms with Crippen LogP contribution in [0.3, 0.4) is 0 Å². The lowest BCUT2D eigenvalue weighted by Gasteiger charge is -2.15. The number of anilines is 1. The molecule has 1 aromatic rings. The Labute approximate surface area is 108 Å². The maximum atomic E-state index is 13.4. The minimum atomic E-state index is -3.11. The molecule has 0 bridgehead atoms. The Morgan fingerprint density at radius 2 is 2.00 bits per heavy atom. The molecule has 0 saturated heterocycles. The largest absolute Gasteiger partial charge is 0.432 e. The zero-order chi connectivity index (χ0) is 14.6. The second kappa shape index (κ2) is 6.42. The normalized spacial score (nSPS) is 12.6. The number of ether oxygens (including phenoxy) is 1. The monoisotopic (exact) mass is 276 g/mol. The molecule has 0 aromatic heterocycles. The summed E-state index contributed by atoms with van der Waals surface area (Å²) in [5.74, 6) is -2.12. The van der Waals surface area contributed by atoms with Crippen LogP contribution in [-0.4, -0.2) is 18.6 Å². The molecule has 3 N–H and O–H groups in total. The van der Waals surface area contributed by atoms with Crippen LogP contribution in [0.1, 0.15) is 13.8 Å². The number of benzene rings is 1. The SMILES string of the molecule is CC(C)[C@H](N)C(=O)Nc1ccc(OC(F)F)c(F)c1. The predicted molar refractivity (Wildman–Crippen MR) is 64.5 cm³/mol. The first kappa shape index (κ1) is 15.3. The fraction of sp³-hybridized carbons (Fsp3) is 0.417. The molecule has 0 aliphatic heterocycles. The lowest BCUT2D eigenvalue weighted by atomic mass is 10.0. The van der Waals surface area contributed by atoms with E-state index in [9.17, 15) is 18.0 Å². The van der Waals surface area contributed by atoms with Crippen molar-refractivity contribution in [3.63, 3.8) is 0 Å². The summed E-state index contributed by atoms with van der Waals surface area (Å²) in [5.41, 5.74) is 5.74. The third-order valence-corrected chi connectivity index (χ3v) is 2.44. The number of hydrogen-bond donors (Lipinski definition) is 2. The molecule has 106 valence electrons. The summed E-state index contributed by atoms with van der Waals surface area (Å²) in [4.78, 5) is 11.6. The first-order valence-corrected chi connectivity index (χ1v) is 5.62. The average Bonchev–Trinajstić information content (AvgIpc) is 2.31. The highest BCUT2D eigenvalue weighted by atomic mass is 19.3. The van der Waals surface area contributed by atoms with Gasteiger partial charge in [0.1, 0.15) is 0 Å². The second-order valence-electron chi connectivity index (χ2n) is 4.28. The Balaban J connectivity index is 2.76. The Hall–Kier alpha value is -1.76. The highest BCUT2D eigenvalue weighted by molar-refractivity contribution is 5.94. The topological polar surface area (TPSA) is 64.4 Å². The van der Waals surface area contributed by atoms with E-state index in [1.165, 1.54) is 6.07 Å². The van der Waals surface area contributed by atoms with Crippen LogP contribution in [-0.2, 0) is 4.79 Å². The van der Waals surface area contributed by atoms with Gasteiger partial charge in [0.05, 0.1) is 6.04 Å². The maximum Gasteiger partial charge on any atom is 0.387 e. The van der Waals surface area contributed by atoms with Crippen LogP contribution in [0.4, 0.5) is 18.9 Å². The lowest BCUT2D eigenvalue weighted by molar-refractivity contribution is -0.118. The van der Waals surface area contributed by atoms with E-state index in [4.69, 9.17) is 5.73 Å². The molecular formula is C12H15F3N2O2. The lowest BCUT2D eigenvalue weighted by Crippen LogP contribution is -2.39. The number of nitrogens with one attached hydrogen (secondary N) is 1. The van der Waals surface area contributed by atoms with Crippen molar-refractivity contribution in [2.75, 3.05) is 5.32 Å². The smallest absolute Gasteiger partial charge is 0.387 e. The van der Waals surface area contributed by atoms with Crippen molar-refractivity contribution in [2.24, 2.45) is 11.7 Å². The number of nitrogens with two attached hydrogens (primary N) is 1. The molecule has 4 nitrogen and oxygen atoms in total. The molecule has 0 heterocycles. The van der Waals surface area contributed by atoms with E-state index in [0.29, 0.717) is 0 Å². The van der Waals surface area contributed by atoms with Crippen LogP contribution >= 0.6 is 0 Å². The predicted octanol–water partition coefficient (Wildman–Crippen LogP) is 2.35. The van der Waals surface area contributed by atoms with E-state index in [2.05, 4.69) is 10.1 Å². The molecule has 0 saturated carbocycles. The summed E-state index contributed by atoms with van der Waals surface area (Å²) in [7, 11) is 0. The van der Waals surface area contributed by atoms with Gasteiger partial charge in [0.25, 0.3) is 0 Å². The van der Waals surface area contributed by atoms with Crippen LogP contribution in [0.2, 0.25) is 0 Å². The molecule has 0 fully saturated rings. The van der Waals surface area contributed by atoms with Gasteiger partial charge >= 0.3 is 6.61 Å².